The minimum atomic E-state index is -0.215. The predicted molar refractivity (Wildman–Crippen MR) is 87.9 cm³/mol. The second kappa shape index (κ2) is 6.71. The lowest BCUT2D eigenvalue weighted by Crippen LogP contribution is -2.46. The van der Waals surface area contributed by atoms with Crippen LogP contribution in [-0.2, 0) is 9.59 Å². The Morgan fingerprint density at radius 3 is 2.64 bits per heavy atom. The molecule has 0 spiro atoms. The largest absolute Gasteiger partial charge is 0.369 e. The van der Waals surface area contributed by atoms with Crippen LogP contribution in [0.25, 0.3) is 0 Å². The molecule has 1 saturated heterocycles. The van der Waals surface area contributed by atoms with Gasteiger partial charge >= 0.3 is 0 Å². The first-order valence-electron chi connectivity index (χ1n) is 7.69. The van der Waals surface area contributed by atoms with Crippen LogP contribution >= 0.6 is 11.8 Å². The summed E-state index contributed by atoms with van der Waals surface area (Å²) in [7, 11) is 0. The second-order valence-corrected chi connectivity index (χ2v) is 6.95. The van der Waals surface area contributed by atoms with Crippen LogP contribution in [0.1, 0.15) is 12.8 Å². The monoisotopic (exact) mass is 319 g/mol. The molecule has 1 aromatic carbocycles. The standard InChI is InChI=1S/C16H21N3O2S/c17-16(21)12-5-7-18(8-6-12)11-15(20)19-9-10-22-14-4-2-1-3-13(14)19/h1-4,12H,5-11H2,(H2,17,21). The number of anilines is 1. The number of carbonyl (C=O) groups is 2. The van der Waals surface area contributed by atoms with E-state index in [0.29, 0.717) is 6.54 Å². The molecule has 6 heteroatoms. The zero-order chi connectivity index (χ0) is 15.5. The smallest absolute Gasteiger partial charge is 0.241 e. The highest BCUT2D eigenvalue weighted by atomic mass is 32.2. The van der Waals surface area contributed by atoms with Gasteiger partial charge in [0.1, 0.15) is 0 Å². The van der Waals surface area contributed by atoms with Crippen molar-refractivity contribution in [3.8, 4) is 0 Å². The number of rotatable bonds is 3. The normalized spacial score (nSPS) is 19.7. The molecule has 0 atom stereocenters. The van der Waals surface area contributed by atoms with Crippen molar-refractivity contribution in [2.45, 2.75) is 17.7 Å². The quantitative estimate of drug-likeness (QED) is 0.912. The van der Waals surface area contributed by atoms with E-state index in [4.69, 9.17) is 5.73 Å². The molecule has 1 aromatic rings. The van der Waals surface area contributed by atoms with Gasteiger partial charge in [0.15, 0.2) is 0 Å². The highest BCUT2D eigenvalue weighted by Crippen LogP contribution is 2.34. The number of nitrogens with two attached hydrogens (primary N) is 1. The van der Waals surface area contributed by atoms with E-state index in [1.165, 1.54) is 4.90 Å². The Morgan fingerprint density at radius 2 is 1.91 bits per heavy atom. The Labute approximate surface area is 134 Å². The summed E-state index contributed by atoms with van der Waals surface area (Å²) in [6.45, 7) is 2.72. The first-order valence-corrected chi connectivity index (χ1v) is 8.67. The van der Waals surface area contributed by atoms with Crippen LogP contribution in [0.3, 0.4) is 0 Å². The SMILES string of the molecule is NC(=O)C1CCN(CC(=O)N2CCSc3ccccc32)CC1. The molecule has 5 nitrogen and oxygen atoms in total. The van der Waals surface area contributed by atoms with E-state index in [9.17, 15) is 9.59 Å². The predicted octanol–water partition coefficient (Wildman–Crippen LogP) is 1.32. The maximum absolute atomic E-state index is 12.6. The number of thioether (sulfide) groups is 1. The summed E-state index contributed by atoms with van der Waals surface area (Å²) in [5, 5.41) is 0. The maximum atomic E-state index is 12.6. The molecule has 2 amide bonds. The second-order valence-electron chi connectivity index (χ2n) is 5.81. The Kier molecular flexibility index (Phi) is 4.69. The van der Waals surface area contributed by atoms with Crippen LogP contribution in [0.15, 0.2) is 29.2 Å². The number of para-hydroxylation sites is 1. The lowest BCUT2D eigenvalue weighted by Gasteiger charge is -2.34. The van der Waals surface area contributed by atoms with E-state index in [1.54, 1.807) is 11.8 Å². The number of benzene rings is 1. The van der Waals surface area contributed by atoms with E-state index < -0.39 is 0 Å². The van der Waals surface area contributed by atoms with Gasteiger partial charge in [0.25, 0.3) is 0 Å². The number of nitrogens with zero attached hydrogens (tertiary/aromatic N) is 2. The molecular formula is C16H21N3O2S. The highest BCUT2D eigenvalue weighted by molar-refractivity contribution is 7.99. The van der Waals surface area contributed by atoms with Crippen LogP contribution in [0.2, 0.25) is 0 Å². The Bertz CT molecular complexity index is 570. The van der Waals surface area contributed by atoms with Gasteiger partial charge in [-0.1, -0.05) is 12.1 Å². The van der Waals surface area contributed by atoms with Gasteiger partial charge in [0, 0.05) is 23.1 Å². The highest BCUT2D eigenvalue weighted by Gasteiger charge is 2.27. The fourth-order valence-corrected chi connectivity index (χ4v) is 4.08. The molecule has 2 N–H and O–H groups in total. The van der Waals surface area contributed by atoms with Gasteiger partial charge in [0.2, 0.25) is 11.8 Å². The number of piperidine rings is 1. The van der Waals surface area contributed by atoms with E-state index in [2.05, 4.69) is 11.0 Å². The Balaban J connectivity index is 1.61. The van der Waals surface area contributed by atoms with Crippen molar-refractivity contribution in [2.24, 2.45) is 11.7 Å². The van der Waals surface area contributed by atoms with Gasteiger partial charge in [-0.05, 0) is 38.1 Å². The summed E-state index contributed by atoms with van der Waals surface area (Å²) in [5.74, 6) is 0.837. The van der Waals surface area contributed by atoms with Crippen molar-refractivity contribution >= 4 is 29.3 Å². The third-order valence-corrected chi connectivity index (χ3v) is 5.42. The average Bonchev–Trinajstić information content (AvgIpc) is 2.54. The van der Waals surface area contributed by atoms with Crippen LogP contribution in [0, 0.1) is 5.92 Å². The van der Waals surface area contributed by atoms with Gasteiger partial charge in [-0.2, -0.15) is 0 Å². The van der Waals surface area contributed by atoms with Crippen molar-refractivity contribution in [1.29, 1.82) is 0 Å². The number of amides is 2. The Hall–Kier alpha value is -1.53. The van der Waals surface area contributed by atoms with E-state index in [-0.39, 0.29) is 17.7 Å². The summed E-state index contributed by atoms with van der Waals surface area (Å²) < 4.78 is 0. The average molecular weight is 319 g/mol. The van der Waals surface area contributed by atoms with Crippen LogP contribution < -0.4 is 10.6 Å². The zero-order valence-corrected chi connectivity index (χ0v) is 13.3. The van der Waals surface area contributed by atoms with E-state index >= 15 is 0 Å². The summed E-state index contributed by atoms with van der Waals surface area (Å²) >= 11 is 1.80. The molecule has 2 aliphatic heterocycles. The molecule has 118 valence electrons. The first-order chi connectivity index (χ1) is 10.6. The molecule has 0 saturated carbocycles. The maximum Gasteiger partial charge on any atom is 0.241 e. The van der Waals surface area contributed by atoms with Gasteiger partial charge in [-0.15, -0.1) is 11.8 Å². The van der Waals surface area contributed by atoms with Gasteiger partial charge in [0.05, 0.1) is 12.2 Å². The van der Waals surface area contributed by atoms with Crippen LogP contribution in [-0.4, -0.2) is 48.6 Å². The number of primary amides is 1. The molecule has 2 heterocycles. The number of likely N-dealkylation sites (tertiary alicyclic amines) is 1. The summed E-state index contributed by atoms with van der Waals surface area (Å²) in [6, 6.07) is 8.06. The molecule has 0 aromatic heterocycles. The fourth-order valence-electron chi connectivity index (χ4n) is 3.08. The van der Waals surface area contributed by atoms with Crippen molar-refractivity contribution in [2.75, 3.05) is 36.8 Å². The van der Waals surface area contributed by atoms with Crippen molar-refractivity contribution in [3.63, 3.8) is 0 Å². The fraction of sp³-hybridized carbons (Fsp3) is 0.500. The third kappa shape index (κ3) is 3.28. The first kappa shape index (κ1) is 15.4. The molecular weight excluding hydrogens is 298 g/mol. The van der Waals surface area contributed by atoms with Gasteiger partial charge in [-0.25, -0.2) is 0 Å². The van der Waals surface area contributed by atoms with E-state index in [1.807, 2.05) is 23.1 Å². The van der Waals surface area contributed by atoms with Crippen molar-refractivity contribution < 1.29 is 9.59 Å². The van der Waals surface area contributed by atoms with Crippen molar-refractivity contribution in [3.05, 3.63) is 24.3 Å². The lowest BCUT2D eigenvalue weighted by molar-refractivity contribution is -0.123. The molecule has 1 fully saturated rings. The molecule has 3 rings (SSSR count). The van der Waals surface area contributed by atoms with Crippen LogP contribution in [0.5, 0.6) is 0 Å². The molecule has 0 unspecified atom stereocenters. The number of hydrogen-bond acceptors (Lipinski definition) is 4. The molecule has 22 heavy (non-hydrogen) atoms. The summed E-state index contributed by atoms with van der Waals surface area (Å²) in [6.07, 6.45) is 1.52. The third-order valence-electron chi connectivity index (χ3n) is 4.38. The number of fused-ring (bicyclic) bond motifs is 1. The van der Waals surface area contributed by atoms with Gasteiger partial charge in [-0.3, -0.25) is 14.5 Å². The summed E-state index contributed by atoms with van der Waals surface area (Å²) in [4.78, 5) is 29.0. The topological polar surface area (TPSA) is 66.6 Å². The summed E-state index contributed by atoms with van der Waals surface area (Å²) in [5.41, 5.74) is 6.37. The zero-order valence-electron chi connectivity index (χ0n) is 12.5. The van der Waals surface area contributed by atoms with E-state index in [0.717, 1.165) is 43.9 Å². The molecule has 0 bridgehead atoms. The minimum Gasteiger partial charge on any atom is -0.369 e. The molecule has 0 aliphatic carbocycles. The van der Waals surface area contributed by atoms with Gasteiger partial charge < -0.3 is 10.6 Å². The van der Waals surface area contributed by atoms with Crippen molar-refractivity contribution in [1.82, 2.24) is 4.90 Å². The Morgan fingerprint density at radius 1 is 1.18 bits per heavy atom. The lowest BCUT2D eigenvalue weighted by atomic mass is 9.96. The minimum absolute atomic E-state index is 0.0292. The molecule has 0 radical (unpaired) electrons. The van der Waals surface area contributed by atoms with Crippen LogP contribution in [0.4, 0.5) is 5.69 Å². The number of hydrogen-bond donors (Lipinski definition) is 1. The number of carbonyl (C=O) groups excluding carboxylic acids is 2. The molecule has 2 aliphatic rings.